The number of thioether (sulfide) groups is 1. The van der Waals surface area contributed by atoms with Crippen molar-refractivity contribution in [2.75, 3.05) is 11.1 Å². The van der Waals surface area contributed by atoms with Gasteiger partial charge in [0.25, 0.3) is 5.56 Å². The Morgan fingerprint density at radius 1 is 1.45 bits per heavy atom. The summed E-state index contributed by atoms with van der Waals surface area (Å²) in [5.74, 6) is -0.774. The third-order valence-electron chi connectivity index (χ3n) is 2.19. The third-order valence-corrected chi connectivity index (χ3v) is 3.39. The van der Waals surface area contributed by atoms with Gasteiger partial charge in [-0.05, 0) is 18.2 Å². The number of rotatable bonds is 4. The molecule has 0 radical (unpaired) electrons. The normalized spacial score (nSPS) is 10.3. The minimum absolute atomic E-state index is 0.0423. The van der Waals surface area contributed by atoms with E-state index in [1.807, 2.05) is 0 Å². The number of anilines is 1. The quantitative estimate of drug-likeness (QED) is 0.671. The second-order valence-corrected chi connectivity index (χ2v) is 5.07. The molecule has 1 aromatic carbocycles. The number of hydrogen-bond donors (Lipinski definition) is 2. The lowest BCUT2D eigenvalue weighted by Gasteiger charge is -2.06. The number of nitrogens with one attached hydrogen (secondary N) is 2. The lowest BCUT2D eigenvalue weighted by atomic mass is 10.3. The zero-order valence-corrected chi connectivity index (χ0v) is 11.6. The number of benzene rings is 1. The van der Waals surface area contributed by atoms with Crippen LogP contribution >= 0.6 is 23.4 Å². The molecule has 0 aliphatic heterocycles. The molecule has 20 heavy (non-hydrogen) atoms. The third kappa shape index (κ3) is 4.07. The molecule has 0 unspecified atom stereocenters. The van der Waals surface area contributed by atoms with Crippen LogP contribution in [-0.2, 0) is 4.79 Å². The van der Waals surface area contributed by atoms with Gasteiger partial charge < -0.3 is 10.3 Å². The van der Waals surface area contributed by atoms with Crippen LogP contribution in [0.25, 0.3) is 0 Å². The van der Waals surface area contributed by atoms with Gasteiger partial charge in [-0.1, -0.05) is 23.4 Å². The smallest absolute Gasteiger partial charge is 0.251 e. The van der Waals surface area contributed by atoms with E-state index < -0.39 is 5.82 Å². The van der Waals surface area contributed by atoms with Gasteiger partial charge in [0.1, 0.15) is 5.82 Å². The Hall–Kier alpha value is -1.86. The summed E-state index contributed by atoms with van der Waals surface area (Å²) in [7, 11) is 0. The first-order chi connectivity index (χ1) is 9.54. The molecule has 2 N–H and O–H groups in total. The Kier molecular flexibility index (Phi) is 4.75. The van der Waals surface area contributed by atoms with Crippen molar-refractivity contribution in [1.82, 2.24) is 9.97 Å². The average Bonchev–Trinajstić information content (AvgIpc) is 2.40. The summed E-state index contributed by atoms with van der Waals surface area (Å²) in [4.78, 5) is 29.1. The largest absolute Gasteiger partial charge is 0.324 e. The molecule has 1 heterocycles. The molecule has 0 saturated heterocycles. The van der Waals surface area contributed by atoms with Crippen LogP contribution < -0.4 is 10.9 Å². The van der Waals surface area contributed by atoms with Crippen LogP contribution in [0.4, 0.5) is 10.1 Å². The molecule has 1 aromatic heterocycles. The summed E-state index contributed by atoms with van der Waals surface area (Å²) in [5, 5.41) is 3.01. The van der Waals surface area contributed by atoms with Crippen molar-refractivity contribution in [1.29, 1.82) is 0 Å². The van der Waals surface area contributed by atoms with E-state index in [-0.39, 0.29) is 22.2 Å². The predicted octanol–water partition coefficient (Wildman–Crippen LogP) is 2.29. The van der Waals surface area contributed by atoms with Gasteiger partial charge in [0.2, 0.25) is 5.91 Å². The molecular weight excluding hydrogens is 305 g/mol. The zero-order chi connectivity index (χ0) is 14.5. The Labute approximate surface area is 122 Å². The topological polar surface area (TPSA) is 74.8 Å². The molecule has 104 valence electrons. The second kappa shape index (κ2) is 6.53. The van der Waals surface area contributed by atoms with Crippen molar-refractivity contribution in [2.45, 2.75) is 5.16 Å². The van der Waals surface area contributed by atoms with Gasteiger partial charge in [0.15, 0.2) is 5.16 Å². The average molecular weight is 314 g/mol. The number of amides is 1. The van der Waals surface area contributed by atoms with Crippen LogP contribution in [0.2, 0.25) is 5.02 Å². The van der Waals surface area contributed by atoms with Crippen LogP contribution in [0.5, 0.6) is 0 Å². The maximum Gasteiger partial charge on any atom is 0.251 e. The van der Waals surface area contributed by atoms with E-state index in [9.17, 15) is 14.0 Å². The summed E-state index contributed by atoms with van der Waals surface area (Å²) in [6.07, 6.45) is 1.36. The van der Waals surface area contributed by atoms with Gasteiger partial charge in [-0.3, -0.25) is 9.59 Å². The van der Waals surface area contributed by atoms with Crippen molar-refractivity contribution in [3.63, 3.8) is 0 Å². The minimum atomic E-state index is -0.478. The molecule has 2 rings (SSSR count). The minimum Gasteiger partial charge on any atom is -0.324 e. The van der Waals surface area contributed by atoms with Crippen molar-refractivity contribution in [2.24, 2.45) is 0 Å². The first-order valence-corrected chi connectivity index (χ1v) is 6.84. The van der Waals surface area contributed by atoms with Gasteiger partial charge in [-0.2, -0.15) is 0 Å². The molecule has 0 saturated carbocycles. The highest BCUT2D eigenvalue weighted by Crippen LogP contribution is 2.22. The fraction of sp³-hybridized carbons (Fsp3) is 0.0833. The molecule has 0 bridgehead atoms. The molecule has 0 aliphatic carbocycles. The molecule has 0 aliphatic rings. The fourth-order valence-corrected chi connectivity index (χ4v) is 2.20. The van der Waals surface area contributed by atoms with Crippen molar-refractivity contribution in [3.05, 3.63) is 51.7 Å². The number of aromatic nitrogens is 2. The van der Waals surface area contributed by atoms with Crippen LogP contribution in [0.3, 0.4) is 0 Å². The monoisotopic (exact) mass is 313 g/mol. The molecule has 0 spiro atoms. The number of aromatic amines is 1. The highest BCUT2D eigenvalue weighted by Gasteiger charge is 2.08. The highest BCUT2D eigenvalue weighted by atomic mass is 35.5. The SMILES string of the molecule is O=C(CSc1nccc(=O)[nH]1)Nc1ccc(F)cc1Cl. The maximum atomic E-state index is 12.8. The van der Waals surface area contributed by atoms with Crippen LogP contribution in [0, 0.1) is 5.82 Å². The van der Waals surface area contributed by atoms with Gasteiger partial charge in [0, 0.05) is 12.3 Å². The van der Waals surface area contributed by atoms with Crippen LogP contribution in [0.1, 0.15) is 0 Å². The Balaban J connectivity index is 1.94. The standard InChI is InChI=1S/C12H9ClFN3O2S/c13-8-5-7(14)1-2-9(8)16-11(19)6-20-12-15-4-3-10(18)17-12/h1-5H,6H2,(H,16,19)(H,15,17,18). The van der Waals surface area contributed by atoms with Crippen molar-refractivity contribution in [3.8, 4) is 0 Å². The lowest BCUT2D eigenvalue weighted by Crippen LogP contribution is -2.15. The predicted molar refractivity (Wildman–Crippen MR) is 75.6 cm³/mol. The summed E-state index contributed by atoms with van der Waals surface area (Å²) in [6, 6.07) is 4.97. The Morgan fingerprint density at radius 3 is 2.95 bits per heavy atom. The number of nitrogens with zero attached hydrogens (tertiary/aromatic N) is 1. The molecule has 0 atom stereocenters. The molecule has 1 amide bonds. The summed E-state index contributed by atoms with van der Waals surface area (Å²) >= 11 is 6.87. The molecule has 8 heteroatoms. The van der Waals surface area contributed by atoms with E-state index in [1.165, 1.54) is 24.4 Å². The lowest BCUT2D eigenvalue weighted by molar-refractivity contribution is -0.113. The summed E-state index contributed by atoms with van der Waals surface area (Å²) in [6.45, 7) is 0. The van der Waals surface area contributed by atoms with Gasteiger partial charge in [0.05, 0.1) is 16.5 Å². The Bertz CT molecular complexity index is 692. The van der Waals surface area contributed by atoms with E-state index in [1.54, 1.807) is 0 Å². The van der Waals surface area contributed by atoms with E-state index in [0.717, 1.165) is 17.8 Å². The number of H-pyrrole nitrogens is 1. The van der Waals surface area contributed by atoms with Gasteiger partial charge in [-0.15, -0.1) is 0 Å². The fourth-order valence-electron chi connectivity index (χ4n) is 1.34. The van der Waals surface area contributed by atoms with E-state index >= 15 is 0 Å². The summed E-state index contributed by atoms with van der Waals surface area (Å²) < 4.78 is 12.8. The molecule has 5 nitrogen and oxygen atoms in total. The maximum absolute atomic E-state index is 12.8. The van der Waals surface area contributed by atoms with Crippen LogP contribution in [-0.4, -0.2) is 21.6 Å². The summed E-state index contributed by atoms with van der Waals surface area (Å²) in [5.41, 5.74) is 0.0395. The number of carbonyl (C=O) groups is 1. The van der Waals surface area contributed by atoms with Gasteiger partial charge in [-0.25, -0.2) is 9.37 Å². The van der Waals surface area contributed by atoms with E-state index in [0.29, 0.717) is 10.8 Å². The van der Waals surface area contributed by atoms with Crippen molar-refractivity contribution >= 4 is 35.0 Å². The number of halogens is 2. The molecule has 0 fully saturated rings. The second-order valence-electron chi connectivity index (χ2n) is 3.70. The number of carbonyl (C=O) groups excluding carboxylic acids is 1. The first kappa shape index (κ1) is 14.5. The van der Waals surface area contributed by atoms with Gasteiger partial charge >= 0.3 is 0 Å². The van der Waals surface area contributed by atoms with E-state index in [2.05, 4.69) is 15.3 Å². The number of hydrogen-bond acceptors (Lipinski definition) is 4. The molecular formula is C12H9ClFN3O2S. The molecule has 2 aromatic rings. The van der Waals surface area contributed by atoms with Crippen molar-refractivity contribution < 1.29 is 9.18 Å². The highest BCUT2D eigenvalue weighted by molar-refractivity contribution is 7.99. The Morgan fingerprint density at radius 2 is 2.25 bits per heavy atom. The van der Waals surface area contributed by atoms with E-state index in [4.69, 9.17) is 11.6 Å². The zero-order valence-electron chi connectivity index (χ0n) is 10.0. The van der Waals surface area contributed by atoms with Crippen LogP contribution in [0.15, 0.2) is 40.4 Å². The first-order valence-electron chi connectivity index (χ1n) is 5.47.